The first-order chi connectivity index (χ1) is 19.8. The molecule has 2 aliphatic heterocycles. The van der Waals surface area contributed by atoms with Crippen molar-refractivity contribution in [3.05, 3.63) is 64.7 Å². The number of carbonyl (C=O) groups excluding carboxylic acids is 2. The van der Waals surface area contributed by atoms with Crippen LogP contribution in [0, 0.1) is 11.3 Å². The largest absolute Gasteiger partial charge is 0.417 e. The minimum atomic E-state index is -4.89. The van der Waals surface area contributed by atoms with E-state index in [0.29, 0.717) is 11.0 Å². The van der Waals surface area contributed by atoms with E-state index in [0.717, 1.165) is 31.9 Å². The Morgan fingerprint density at radius 3 is 2.26 bits per heavy atom. The molecule has 0 spiro atoms. The van der Waals surface area contributed by atoms with Crippen molar-refractivity contribution in [2.24, 2.45) is 0 Å². The van der Waals surface area contributed by atoms with Crippen molar-refractivity contribution in [3.63, 3.8) is 0 Å². The maximum absolute atomic E-state index is 13.5. The molecule has 2 aromatic rings. The van der Waals surface area contributed by atoms with Crippen LogP contribution < -0.4 is 9.21 Å². The summed E-state index contributed by atoms with van der Waals surface area (Å²) < 4.78 is 92.5. The van der Waals surface area contributed by atoms with Crippen molar-refractivity contribution >= 4 is 55.0 Å². The number of nitriles is 1. The summed E-state index contributed by atoms with van der Waals surface area (Å²) in [6.07, 6.45) is -0.967. The number of rotatable bonds is 7. The van der Waals surface area contributed by atoms with Crippen molar-refractivity contribution in [1.82, 2.24) is 9.21 Å². The fourth-order valence-corrected chi connectivity index (χ4v) is 7.59. The number of imide groups is 1. The standard InChI is InChI=1S/C26H25ClF3N5O6S2/c1-25(2)23(36)35(19-7-6-17(16-31)20(14-19)26(28,29)30)24(37)33(25)11-5-4-10-32-12-13-34(43(32,40)41)18-8-9-22(21(27)15-18)42(3,38)39/h4-9,14-15H,10-13H2,1-3H3. The lowest BCUT2D eigenvalue weighted by molar-refractivity contribution is -0.137. The summed E-state index contributed by atoms with van der Waals surface area (Å²) in [5, 5.41) is 8.92. The van der Waals surface area contributed by atoms with Gasteiger partial charge >= 0.3 is 22.4 Å². The molecule has 0 radical (unpaired) electrons. The van der Waals surface area contributed by atoms with Gasteiger partial charge in [0.1, 0.15) is 5.54 Å². The number of sulfone groups is 1. The minimum absolute atomic E-state index is 0.0658. The molecule has 3 amide bonds. The van der Waals surface area contributed by atoms with E-state index in [-0.39, 0.29) is 47.5 Å². The Labute approximate surface area is 251 Å². The number of nitrogens with zero attached hydrogens (tertiary/aromatic N) is 5. The van der Waals surface area contributed by atoms with Gasteiger partial charge in [0.15, 0.2) is 9.84 Å². The van der Waals surface area contributed by atoms with Crippen molar-refractivity contribution < 1.29 is 39.6 Å². The molecule has 17 heteroatoms. The van der Waals surface area contributed by atoms with Crippen LogP contribution in [0.1, 0.15) is 25.0 Å². The normalized spacial score (nSPS) is 19.1. The third-order valence-electron chi connectivity index (χ3n) is 7.03. The molecule has 2 aromatic carbocycles. The second-order valence-electron chi connectivity index (χ2n) is 10.2. The Morgan fingerprint density at radius 2 is 1.67 bits per heavy atom. The van der Waals surface area contributed by atoms with E-state index in [4.69, 9.17) is 16.9 Å². The third-order valence-corrected chi connectivity index (χ3v) is 10.5. The second-order valence-corrected chi connectivity index (χ2v) is 14.5. The number of anilines is 2. The van der Waals surface area contributed by atoms with Crippen LogP contribution in [0.5, 0.6) is 0 Å². The van der Waals surface area contributed by atoms with Gasteiger partial charge in [0.25, 0.3) is 5.91 Å². The monoisotopic (exact) mass is 659 g/mol. The molecule has 0 bridgehead atoms. The molecule has 2 saturated heterocycles. The Bertz CT molecular complexity index is 1790. The molecule has 0 atom stereocenters. The van der Waals surface area contributed by atoms with Gasteiger partial charge in [-0.25, -0.2) is 18.1 Å². The molecule has 0 aliphatic carbocycles. The van der Waals surface area contributed by atoms with Gasteiger partial charge in [-0.3, -0.25) is 9.10 Å². The SMILES string of the molecule is CC1(C)C(=O)N(c2ccc(C#N)c(C(F)(F)F)c2)C(=O)N1CC=CCN1CCN(c2ccc(S(C)(=O)=O)c(Cl)c2)S1(=O)=O. The number of alkyl halides is 3. The lowest BCUT2D eigenvalue weighted by atomic mass is 10.0. The van der Waals surface area contributed by atoms with Crippen LogP contribution in [0.3, 0.4) is 0 Å². The highest BCUT2D eigenvalue weighted by molar-refractivity contribution is 7.91. The van der Waals surface area contributed by atoms with Crippen LogP contribution in [0.15, 0.2) is 53.4 Å². The van der Waals surface area contributed by atoms with Gasteiger partial charge in [-0.2, -0.15) is 31.2 Å². The number of amides is 3. The molecular weight excluding hydrogens is 635 g/mol. The minimum Gasteiger partial charge on any atom is -0.306 e. The predicted molar refractivity (Wildman–Crippen MR) is 151 cm³/mol. The molecule has 2 aliphatic rings. The van der Waals surface area contributed by atoms with Gasteiger partial charge in [0.2, 0.25) is 0 Å². The van der Waals surface area contributed by atoms with E-state index in [9.17, 15) is 39.6 Å². The van der Waals surface area contributed by atoms with Crippen molar-refractivity contribution in [1.29, 1.82) is 5.26 Å². The van der Waals surface area contributed by atoms with Crippen LogP contribution >= 0.6 is 11.6 Å². The molecule has 0 N–H and O–H groups in total. The molecule has 0 aromatic heterocycles. The maximum Gasteiger partial charge on any atom is 0.417 e. The number of benzene rings is 2. The van der Waals surface area contributed by atoms with Gasteiger partial charge in [0, 0.05) is 32.4 Å². The zero-order chi connectivity index (χ0) is 32.1. The van der Waals surface area contributed by atoms with Crippen molar-refractivity contribution in [2.45, 2.75) is 30.5 Å². The quantitative estimate of drug-likeness (QED) is 0.325. The van der Waals surface area contributed by atoms with E-state index < -0.39 is 54.8 Å². The first-order valence-corrected chi connectivity index (χ1v) is 16.2. The highest BCUT2D eigenvalue weighted by atomic mass is 35.5. The highest BCUT2D eigenvalue weighted by Gasteiger charge is 2.51. The van der Waals surface area contributed by atoms with Crippen LogP contribution in [-0.4, -0.2) is 76.0 Å². The zero-order valence-corrected chi connectivity index (χ0v) is 25.4. The van der Waals surface area contributed by atoms with Crippen molar-refractivity contribution in [3.8, 4) is 6.07 Å². The Balaban J connectivity index is 1.48. The summed E-state index contributed by atoms with van der Waals surface area (Å²) in [4.78, 5) is 27.9. The Hall–Kier alpha value is -3.65. The molecule has 4 rings (SSSR count). The molecular formula is C26H25ClF3N5O6S2. The van der Waals surface area contributed by atoms with Gasteiger partial charge in [-0.1, -0.05) is 23.8 Å². The molecule has 2 heterocycles. The third kappa shape index (κ3) is 5.94. The summed E-state index contributed by atoms with van der Waals surface area (Å²) in [6, 6.07) is 6.95. The Kier molecular flexibility index (Phi) is 8.35. The van der Waals surface area contributed by atoms with Gasteiger partial charge in [0.05, 0.1) is 38.5 Å². The highest BCUT2D eigenvalue weighted by Crippen LogP contribution is 2.38. The van der Waals surface area contributed by atoms with Gasteiger partial charge < -0.3 is 4.90 Å². The van der Waals surface area contributed by atoms with Gasteiger partial charge in [-0.15, -0.1) is 0 Å². The number of hydrogen-bond acceptors (Lipinski definition) is 7. The summed E-state index contributed by atoms with van der Waals surface area (Å²) in [5.74, 6) is -0.776. The van der Waals surface area contributed by atoms with Crippen molar-refractivity contribution in [2.75, 3.05) is 41.6 Å². The number of halogens is 4. The summed E-state index contributed by atoms with van der Waals surface area (Å²) >= 11 is 6.07. The average Bonchev–Trinajstić information content (AvgIpc) is 3.28. The molecule has 2 fully saturated rings. The fraction of sp³-hybridized carbons (Fsp3) is 0.346. The van der Waals surface area contributed by atoms with Crippen LogP contribution in [0.4, 0.5) is 29.3 Å². The average molecular weight is 660 g/mol. The summed E-state index contributed by atoms with van der Waals surface area (Å²) in [6.45, 7) is 2.77. The van der Waals surface area contributed by atoms with E-state index in [1.54, 1.807) is 0 Å². The zero-order valence-electron chi connectivity index (χ0n) is 23.0. The number of urea groups is 1. The Morgan fingerprint density at radius 1 is 1.05 bits per heavy atom. The van der Waals surface area contributed by atoms with E-state index >= 15 is 0 Å². The maximum atomic E-state index is 13.5. The lowest BCUT2D eigenvalue weighted by Crippen LogP contribution is -2.44. The molecule has 11 nitrogen and oxygen atoms in total. The summed E-state index contributed by atoms with van der Waals surface area (Å²) in [5.41, 5.74) is -3.53. The van der Waals surface area contributed by atoms with Crippen LogP contribution in [0.25, 0.3) is 0 Å². The van der Waals surface area contributed by atoms with Crippen LogP contribution in [-0.2, 0) is 31.0 Å². The topological polar surface area (TPSA) is 139 Å². The predicted octanol–water partition coefficient (Wildman–Crippen LogP) is 3.80. The molecule has 230 valence electrons. The molecule has 0 saturated carbocycles. The van der Waals surface area contributed by atoms with E-state index in [1.165, 1.54) is 50.3 Å². The first kappa shape index (κ1) is 32.3. The second kappa shape index (κ2) is 11.1. The van der Waals surface area contributed by atoms with E-state index in [2.05, 4.69) is 0 Å². The fourth-order valence-electron chi connectivity index (χ4n) is 4.71. The molecule has 0 unspecified atom stereocenters. The van der Waals surface area contributed by atoms with E-state index in [1.807, 2.05) is 0 Å². The lowest BCUT2D eigenvalue weighted by Gasteiger charge is -2.26. The number of carbonyl (C=O) groups is 2. The first-order valence-electron chi connectivity index (χ1n) is 12.5. The smallest absolute Gasteiger partial charge is 0.306 e. The summed E-state index contributed by atoms with van der Waals surface area (Å²) in [7, 11) is -7.61. The molecule has 43 heavy (non-hydrogen) atoms. The van der Waals surface area contributed by atoms with Gasteiger partial charge in [-0.05, 0) is 50.2 Å². The number of hydrogen-bond donors (Lipinski definition) is 0. The van der Waals surface area contributed by atoms with Crippen LogP contribution in [0.2, 0.25) is 5.02 Å².